The van der Waals surface area contributed by atoms with Gasteiger partial charge in [0.05, 0.1) is 17.3 Å². The van der Waals surface area contributed by atoms with Crippen LogP contribution in [0, 0.1) is 13.8 Å². The average Bonchev–Trinajstić information content (AvgIpc) is 2.48. The van der Waals surface area contributed by atoms with E-state index in [9.17, 15) is 4.79 Å². The number of benzene rings is 2. The third-order valence-electron chi connectivity index (χ3n) is 3.53. The van der Waals surface area contributed by atoms with Gasteiger partial charge in [0.1, 0.15) is 0 Å². The van der Waals surface area contributed by atoms with Gasteiger partial charge in [0.2, 0.25) is 5.91 Å². The summed E-state index contributed by atoms with van der Waals surface area (Å²) in [6.45, 7) is 6.80. The van der Waals surface area contributed by atoms with Gasteiger partial charge in [0.25, 0.3) is 0 Å². The van der Waals surface area contributed by atoms with Crippen LogP contribution in [-0.2, 0) is 4.79 Å². The van der Waals surface area contributed by atoms with Gasteiger partial charge in [-0.2, -0.15) is 0 Å². The number of anilines is 2. The lowest BCUT2D eigenvalue weighted by atomic mass is 10.1. The third-order valence-corrected chi connectivity index (χ3v) is 3.83. The molecule has 22 heavy (non-hydrogen) atoms. The van der Waals surface area contributed by atoms with Crippen LogP contribution in [0.2, 0.25) is 5.02 Å². The Labute approximate surface area is 136 Å². The molecule has 0 saturated carbocycles. The van der Waals surface area contributed by atoms with Gasteiger partial charge in [-0.25, -0.2) is 0 Å². The molecule has 3 nitrogen and oxygen atoms in total. The van der Waals surface area contributed by atoms with Crippen LogP contribution >= 0.6 is 11.6 Å². The molecule has 1 amide bonds. The first kappa shape index (κ1) is 16.4. The van der Waals surface area contributed by atoms with Crippen LogP contribution in [0.5, 0.6) is 0 Å². The average molecular weight is 317 g/mol. The minimum absolute atomic E-state index is 0.0183. The predicted octanol–water partition coefficient (Wildman–Crippen LogP) is 4.42. The summed E-state index contributed by atoms with van der Waals surface area (Å²) in [6.07, 6.45) is 0. The second kappa shape index (κ2) is 7.32. The summed E-state index contributed by atoms with van der Waals surface area (Å²) < 4.78 is 0. The summed E-state index contributed by atoms with van der Waals surface area (Å²) in [5.41, 5.74) is 3.88. The molecule has 2 aromatic rings. The Kier molecular flexibility index (Phi) is 5.45. The van der Waals surface area contributed by atoms with E-state index in [1.54, 1.807) is 4.90 Å². The van der Waals surface area contributed by atoms with E-state index in [0.29, 0.717) is 11.6 Å². The molecule has 2 rings (SSSR count). The zero-order valence-electron chi connectivity index (χ0n) is 13.2. The second-order valence-electron chi connectivity index (χ2n) is 5.27. The van der Waals surface area contributed by atoms with Crippen molar-refractivity contribution in [3.8, 4) is 0 Å². The van der Waals surface area contributed by atoms with Crippen LogP contribution in [0.15, 0.2) is 42.5 Å². The Balaban J connectivity index is 2.09. The van der Waals surface area contributed by atoms with Crippen molar-refractivity contribution >= 4 is 28.9 Å². The summed E-state index contributed by atoms with van der Waals surface area (Å²) in [4.78, 5) is 14.2. The molecule has 0 bridgehead atoms. The van der Waals surface area contributed by atoms with E-state index in [4.69, 9.17) is 11.6 Å². The smallest absolute Gasteiger partial charge is 0.246 e. The van der Waals surface area contributed by atoms with E-state index in [1.165, 1.54) is 0 Å². The zero-order chi connectivity index (χ0) is 16.1. The van der Waals surface area contributed by atoms with E-state index in [2.05, 4.69) is 5.32 Å². The van der Waals surface area contributed by atoms with Crippen molar-refractivity contribution in [2.45, 2.75) is 20.8 Å². The molecular formula is C18H21ClN2O. The van der Waals surface area contributed by atoms with Gasteiger partial charge in [0.15, 0.2) is 0 Å². The van der Waals surface area contributed by atoms with Gasteiger partial charge < -0.3 is 10.2 Å². The largest absolute Gasteiger partial charge is 0.375 e. The Hall–Kier alpha value is -2.00. The summed E-state index contributed by atoms with van der Waals surface area (Å²) >= 11 is 6.26. The van der Waals surface area contributed by atoms with E-state index in [1.807, 2.05) is 63.2 Å². The summed E-state index contributed by atoms with van der Waals surface area (Å²) in [5, 5.41) is 3.82. The van der Waals surface area contributed by atoms with Crippen LogP contribution in [-0.4, -0.2) is 19.0 Å². The van der Waals surface area contributed by atoms with E-state index in [0.717, 1.165) is 22.5 Å². The van der Waals surface area contributed by atoms with Crippen molar-refractivity contribution in [2.75, 3.05) is 23.3 Å². The van der Waals surface area contributed by atoms with Gasteiger partial charge in [-0.05, 0) is 50.1 Å². The molecule has 0 heterocycles. The summed E-state index contributed by atoms with van der Waals surface area (Å²) in [5.74, 6) is 0.0183. The van der Waals surface area contributed by atoms with Crippen molar-refractivity contribution in [2.24, 2.45) is 0 Å². The predicted molar refractivity (Wildman–Crippen MR) is 93.9 cm³/mol. The Morgan fingerprint density at radius 2 is 1.86 bits per heavy atom. The van der Waals surface area contributed by atoms with Crippen molar-refractivity contribution < 1.29 is 4.79 Å². The number of para-hydroxylation sites is 1. The van der Waals surface area contributed by atoms with Crippen LogP contribution in [0.3, 0.4) is 0 Å². The zero-order valence-corrected chi connectivity index (χ0v) is 13.9. The Morgan fingerprint density at radius 1 is 1.18 bits per heavy atom. The molecule has 2 aromatic carbocycles. The fourth-order valence-electron chi connectivity index (χ4n) is 2.51. The standard InChI is InChI=1S/C18H21ClN2O/c1-4-21(15-8-6-5-7-9-15)17(22)12-20-18-14(3)10-13(2)11-16(18)19/h5-11,20H,4,12H2,1-3H3. The highest BCUT2D eigenvalue weighted by molar-refractivity contribution is 6.33. The lowest BCUT2D eigenvalue weighted by Crippen LogP contribution is -2.35. The fourth-order valence-corrected chi connectivity index (χ4v) is 2.90. The van der Waals surface area contributed by atoms with Gasteiger partial charge in [-0.15, -0.1) is 0 Å². The molecule has 0 aliphatic carbocycles. The van der Waals surface area contributed by atoms with E-state index in [-0.39, 0.29) is 12.5 Å². The van der Waals surface area contributed by atoms with E-state index < -0.39 is 0 Å². The van der Waals surface area contributed by atoms with Gasteiger partial charge in [-0.1, -0.05) is 35.9 Å². The molecule has 4 heteroatoms. The third kappa shape index (κ3) is 3.80. The number of aryl methyl sites for hydroxylation is 2. The van der Waals surface area contributed by atoms with Crippen LogP contribution < -0.4 is 10.2 Å². The second-order valence-corrected chi connectivity index (χ2v) is 5.67. The van der Waals surface area contributed by atoms with Gasteiger partial charge in [0, 0.05) is 12.2 Å². The number of carbonyl (C=O) groups excluding carboxylic acids is 1. The number of rotatable bonds is 5. The first-order valence-corrected chi connectivity index (χ1v) is 7.76. The molecular weight excluding hydrogens is 296 g/mol. The first-order valence-electron chi connectivity index (χ1n) is 7.39. The molecule has 1 N–H and O–H groups in total. The Bertz CT molecular complexity index is 632. The molecule has 0 fully saturated rings. The van der Waals surface area contributed by atoms with Crippen LogP contribution in [0.25, 0.3) is 0 Å². The van der Waals surface area contributed by atoms with E-state index >= 15 is 0 Å². The molecule has 0 radical (unpaired) electrons. The highest BCUT2D eigenvalue weighted by Crippen LogP contribution is 2.27. The maximum absolute atomic E-state index is 12.5. The summed E-state index contributed by atoms with van der Waals surface area (Å²) in [6, 6.07) is 13.6. The van der Waals surface area contributed by atoms with Crippen LogP contribution in [0.1, 0.15) is 18.1 Å². The number of hydrogen-bond donors (Lipinski definition) is 1. The minimum atomic E-state index is 0.0183. The molecule has 0 aromatic heterocycles. The Morgan fingerprint density at radius 3 is 2.45 bits per heavy atom. The van der Waals surface area contributed by atoms with Crippen molar-refractivity contribution in [1.82, 2.24) is 0 Å². The number of nitrogens with zero attached hydrogens (tertiary/aromatic N) is 1. The lowest BCUT2D eigenvalue weighted by molar-refractivity contribution is -0.116. The monoisotopic (exact) mass is 316 g/mol. The quantitative estimate of drug-likeness (QED) is 0.885. The van der Waals surface area contributed by atoms with Gasteiger partial charge in [-0.3, -0.25) is 4.79 Å². The molecule has 0 unspecified atom stereocenters. The maximum atomic E-state index is 12.5. The molecule has 0 saturated heterocycles. The van der Waals surface area contributed by atoms with Crippen LogP contribution in [0.4, 0.5) is 11.4 Å². The van der Waals surface area contributed by atoms with Crippen molar-refractivity contribution in [3.63, 3.8) is 0 Å². The highest BCUT2D eigenvalue weighted by Gasteiger charge is 2.14. The number of carbonyl (C=O) groups is 1. The normalized spacial score (nSPS) is 10.4. The number of likely N-dealkylation sites (N-methyl/N-ethyl adjacent to an activating group) is 1. The number of nitrogens with one attached hydrogen (secondary N) is 1. The number of amides is 1. The van der Waals surface area contributed by atoms with Crippen molar-refractivity contribution in [3.05, 3.63) is 58.6 Å². The number of hydrogen-bond acceptors (Lipinski definition) is 2. The number of halogens is 1. The summed E-state index contributed by atoms with van der Waals surface area (Å²) in [7, 11) is 0. The molecule has 116 valence electrons. The van der Waals surface area contributed by atoms with Gasteiger partial charge >= 0.3 is 0 Å². The topological polar surface area (TPSA) is 32.3 Å². The van der Waals surface area contributed by atoms with Crippen molar-refractivity contribution in [1.29, 1.82) is 0 Å². The first-order chi connectivity index (χ1) is 10.5. The molecule has 0 aliphatic heterocycles. The molecule has 0 atom stereocenters. The molecule has 0 aliphatic rings. The SMILES string of the molecule is CCN(C(=O)CNc1c(C)cc(C)cc1Cl)c1ccccc1. The maximum Gasteiger partial charge on any atom is 0.246 e. The molecule has 0 spiro atoms. The lowest BCUT2D eigenvalue weighted by Gasteiger charge is -2.22. The fraction of sp³-hybridized carbons (Fsp3) is 0.278. The highest BCUT2D eigenvalue weighted by atomic mass is 35.5. The minimum Gasteiger partial charge on any atom is -0.375 e.